The summed E-state index contributed by atoms with van der Waals surface area (Å²) < 4.78 is 32.7. The number of carbonyl (C=O) groups excluding carboxylic acids is 1. The Hall–Kier alpha value is -2.48. The van der Waals surface area contributed by atoms with Crippen LogP contribution in [0.15, 0.2) is 30.5 Å². The number of rotatable bonds is 3. The van der Waals surface area contributed by atoms with Crippen LogP contribution in [0.2, 0.25) is 0 Å². The smallest absolute Gasteiger partial charge is 0.276 e. The molecule has 0 aliphatic carbocycles. The van der Waals surface area contributed by atoms with Crippen molar-refractivity contribution in [1.82, 2.24) is 15.1 Å². The van der Waals surface area contributed by atoms with E-state index in [9.17, 15) is 18.7 Å². The van der Waals surface area contributed by atoms with Crippen LogP contribution in [0, 0.1) is 5.82 Å². The highest BCUT2D eigenvalue weighted by atomic mass is 19.1. The van der Waals surface area contributed by atoms with Crippen LogP contribution in [-0.2, 0) is 4.74 Å². The van der Waals surface area contributed by atoms with Gasteiger partial charge in [0.2, 0.25) is 0 Å². The van der Waals surface area contributed by atoms with Crippen molar-refractivity contribution in [3.05, 3.63) is 42.0 Å². The Morgan fingerprint density at radius 2 is 2.27 bits per heavy atom. The number of aromatic nitrogens is 2. The largest absolute Gasteiger partial charge is 0.504 e. The van der Waals surface area contributed by atoms with Gasteiger partial charge < -0.3 is 15.2 Å². The first kappa shape index (κ1) is 14.5. The van der Waals surface area contributed by atoms with Crippen molar-refractivity contribution >= 4 is 5.91 Å². The lowest BCUT2D eigenvalue weighted by atomic mass is 10.2. The van der Waals surface area contributed by atoms with E-state index in [1.165, 1.54) is 29.1 Å². The van der Waals surface area contributed by atoms with E-state index in [0.29, 0.717) is 5.69 Å². The van der Waals surface area contributed by atoms with Crippen LogP contribution in [0.5, 0.6) is 5.75 Å². The van der Waals surface area contributed by atoms with Crippen LogP contribution in [0.3, 0.4) is 0 Å². The van der Waals surface area contributed by atoms with Crippen molar-refractivity contribution in [3.8, 4) is 11.4 Å². The molecule has 0 spiro atoms. The van der Waals surface area contributed by atoms with E-state index < -0.39 is 23.9 Å². The van der Waals surface area contributed by atoms with Crippen molar-refractivity contribution in [2.24, 2.45) is 0 Å². The van der Waals surface area contributed by atoms with Gasteiger partial charge in [-0.05, 0) is 18.2 Å². The van der Waals surface area contributed by atoms with Gasteiger partial charge in [0.25, 0.3) is 5.91 Å². The predicted octanol–water partition coefficient (Wildman–Crippen LogP) is 1.18. The Morgan fingerprint density at radius 1 is 1.45 bits per heavy atom. The Morgan fingerprint density at radius 3 is 2.95 bits per heavy atom. The number of alkyl halides is 1. The molecular weight excluding hydrogens is 296 g/mol. The van der Waals surface area contributed by atoms with Gasteiger partial charge in [0, 0.05) is 0 Å². The quantitative estimate of drug-likeness (QED) is 0.893. The Bertz CT molecular complexity index is 704. The number of nitrogens with one attached hydrogen (secondary N) is 1. The molecule has 22 heavy (non-hydrogen) atoms. The number of nitrogens with zero attached hydrogens (tertiary/aromatic N) is 2. The Labute approximate surface area is 124 Å². The van der Waals surface area contributed by atoms with E-state index in [0.717, 1.165) is 0 Å². The minimum Gasteiger partial charge on any atom is -0.504 e. The lowest BCUT2D eigenvalue weighted by molar-refractivity contribution is 0.0912. The van der Waals surface area contributed by atoms with Crippen LogP contribution in [0.25, 0.3) is 5.69 Å². The maximum absolute atomic E-state index is 13.4. The van der Waals surface area contributed by atoms with Crippen LogP contribution in [0.1, 0.15) is 10.5 Å². The summed E-state index contributed by atoms with van der Waals surface area (Å²) in [6, 6.07) is 4.75. The Balaban J connectivity index is 1.81. The van der Waals surface area contributed by atoms with Crippen LogP contribution >= 0.6 is 0 Å². The third-order valence-electron chi connectivity index (χ3n) is 3.31. The van der Waals surface area contributed by atoms with Crippen LogP contribution in [0.4, 0.5) is 8.78 Å². The fraction of sp³-hybridized carbons (Fsp3) is 0.286. The fourth-order valence-corrected chi connectivity index (χ4v) is 2.17. The molecule has 0 radical (unpaired) electrons. The van der Waals surface area contributed by atoms with Crippen molar-refractivity contribution in [2.75, 3.05) is 13.2 Å². The molecule has 2 heterocycles. The molecule has 3 rings (SSSR count). The van der Waals surface area contributed by atoms with Crippen LogP contribution < -0.4 is 5.32 Å². The molecule has 2 aromatic rings. The van der Waals surface area contributed by atoms with Gasteiger partial charge in [-0.25, -0.2) is 13.5 Å². The third kappa shape index (κ3) is 2.77. The topological polar surface area (TPSA) is 76.4 Å². The summed E-state index contributed by atoms with van der Waals surface area (Å²) in [5, 5.41) is 16.1. The van der Waals surface area contributed by atoms with Gasteiger partial charge in [-0.2, -0.15) is 5.10 Å². The van der Waals surface area contributed by atoms with Gasteiger partial charge in [0.1, 0.15) is 12.0 Å². The first-order chi connectivity index (χ1) is 10.5. The predicted molar refractivity (Wildman–Crippen MR) is 72.2 cm³/mol. The average Bonchev–Trinajstić information content (AvgIpc) is 3.06. The molecule has 2 atom stereocenters. The van der Waals surface area contributed by atoms with Gasteiger partial charge in [-0.1, -0.05) is 6.07 Å². The molecule has 1 aliphatic heterocycles. The molecule has 1 aliphatic rings. The van der Waals surface area contributed by atoms with E-state index in [2.05, 4.69) is 10.4 Å². The summed E-state index contributed by atoms with van der Waals surface area (Å²) in [6.45, 7) is -0.00701. The third-order valence-corrected chi connectivity index (χ3v) is 3.31. The second-order valence-electron chi connectivity index (χ2n) is 4.92. The highest BCUT2D eigenvalue weighted by Gasteiger charge is 2.31. The first-order valence-corrected chi connectivity index (χ1v) is 6.62. The van der Waals surface area contributed by atoms with E-state index in [1.807, 2.05) is 0 Å². The Kier molecular flexibility index (Phi) is 3.76. The van der Waals surface area contributed by atoms with Gasteiger partial charge in [-0.3, -0.25) is 4.79 Å². The number of amides is 1. The highest BCUT2D eigenvalue weighted by molar-refractivity contribution is 5.95. The molecule has 0 unspecified atom stereocenters. The molecule has 6 nitrogen and oxygen atoms in total. The monoisotopic (exact) mass is 309 g/mol. The molecule has 2 N–H and O–H groups in total. The molecule has 0 bridgehead atoms. The molecule has 1 amide bonds. The summed E-state index contributed by atoms with van der Waals surface area (Å²) in [7, 11) is 0. The summed E-state index contributed by atoms with van der Waals surface area (Å²) in [6.07, 6.45) is -0.113. The van der Waals surface area contributed by atoms with Crippen molar-refractivity contribution in [3.63, 3.8) is 0 Å². The molecule has 116 valence electrons. The van der Waals surface area contributed by atoms with E-state index in [-0.39, 0.29) is 24.7 Å². The lowest BCUT2D eigenvalue weighted by Crippen LogP contribution is -2.41. The number of hydrogen-bond donors (Lipinski definition) is 2. The highest BCUT2D eigenvalue weighted by Crippen LogP contribution is 2.19. The summed E-state index contributed by atoms with van der Waals surface area (Å²) >= 11 is 0. The minimum atomic E-state index is -1.30. The molecule has 8 heteroatoms. The number of carbonyl (C=O) groups is 1. The maximum Gasteiger partial charge on any atom is 0.276 e. The van der Waals surface area contributed by atoms with E-state index in [1.54, 1.807) is 6.07 Å². The molecule has 1 aromatic carbocycles. The van der Waals surface area contributed by atoms with Gasteiger partial charge in [-0.15, -0.1) is 0 Å². The molecule has 1 fully saturated rings. The normalized spacial score (nSPS) is 21.0. The fourth-order valence-electron chi connectivity index (χ4n) is 2.17. The van der Waals surface area contributed by atoms with E-state index >= 15 is 0 Å². The van der Waals surface area contributed by atoms with E-state index in [4.69, 9.17) is 4.74 Å². The van der Waals surface area contributed by atoms with Crippen molar-refractivity contribution < 1.29 is 23.4 Å². The van der Waals surface area contributed by atoms with Gasteiger partial charge in [0.05, 0.1) is 31.1 Å². The number of ether oxygens (including phenoxy) is 1. The zero-order valence-corrected chi connectivity index (χ0v) is 11.4. The summed E-state index contributed by atoms with van der Waals surface area (Å²) in [5.41, 5.74) is 0.0882. The second kappa shape index (κ2) is 5.72. The lowest BCUT2D eigenvalue weighted by Gasteiger charge is -2.11. The molecule has 0 saturated carbocycles. The number of aromatic hydroxyl groups is 1. The minimum absolute atomic E-state index is 0.0677. The zero-order valence-electron chi connectivity index (χ0n) is 11.4. The average molecular weight is 309 g/mol. The number of benzene rings is 1. The summed E-state index contributed by atoms with van der Waals surface area (Å²) in [5.74, 6) is -1.57. The van der Waals surface area contributed by atoms with Crippen molar-refractivity contribution in [2.45, 2.75) is 12.2 Å². The maximum atomic E-state index is 13.4. The number of hydrogen-bond acceptors (Lipinski definition) is 4. The van der Waals surface area contributed by atoms with Gasteiger partial charge >= 0.3 is 0 Å². The molecule has 1 saturated heterocycles. The standard InChI is InChI=1S/C14H13F2N3O3/c15-8-2-1-3-9(4-8)19-5-12(20)13(18-19)14(21)17-11-7-22-6-10(11)16/h1-5,10-11,20H,6-7H2,(H,17,21)/t10-,11-/m1/s1. The molecular formula is C14H13F2N3O3. The van der Waals surface area contributed by atoms with Crippen LogP contribution in [-0.4, -0.2) is 46.2 Å². The first-order valence-electron chi connectivity index (χ1n) is 6.62. The van der Waals surface area contributed by atoms with Gasteiger partial charge in [0.15, 0.2) is 11.4 Å². The molecule has 1 aromatic heterocycles. The second-order valence-corrected chi connectivity index (χ2v) is 4.92. The number of halogens is 2. The van der Waals surface area contributed by atoms with Crippen molar-refractivity contribution in [1.29, 1.82) is 0 Å². The zero-order chi connectivity index (χ0) is 15.7. The summed E-state index contributed by atoms with van der Waals surface area (Å²) in [4.78, 5) is 12.0. The SMILES string of the molecule is O=C(N[C@@H]1COC[C@H]1F)c1nn(-c2cccc(F)c2)cc1O.